The van der Waals surface area contributed by atoms with Gasteiger partial charge in [0.05, 0.1) is 16.0 Å². The Hall–Kier alpha value is -1.20. The summed E-state index contributed by atoms with van der Waals surface area (Å²) in [6.07, 6.45) is 1.72. The van der Waals surface area contributed by atoms with Gasteiger partial charge < -0.3 is 10.2 Å². The Morgan fingerprint density at radius 3 is 2.95 bits per heavy atom. The maximum Gasteiger partial charge on any atom is 0.240 e. The molecule has 114 valence electrons. The Bertz CT molecular complexity index is 524. The average Bonchev–Trinajstić information content (AvgIpc) is 2.80. The molecule has 1 aliphatic rings. The number of benzene rings is 1. The number of carbonyl (C=O) groups is 2. The summed E-state index contributed by atoms with van der Waals surface area (Å²) in [4.78, 5) is 24.9. The zero-order valence-corrected chi connectivity index (χ0v) is 13.5. The van der Waals surface area contributed by atoms with Crippen LogP contribution in [0.2, 0.25) is 5.02 Å². The van der Waals surface area contributed by atoms with Gasteiger partial charge in [0.1, 0.15) is 0 Å². The van der Waals surface area contributed by atoms with E-state index in [1.165, 1.54) is 6.92 Å². The molecule has 0 bridgehead atoms. The van der Waals surface area contributed by atoms with E-state index in [2.05, 4.69) is 5.32 Å². The van der Waals surface area contributed by atoms with Crippen molar-refractivity contribution in [3.05, 3.63) is 29.3 Å². The molecular formula is C15H19ClN2O2S. The lowest BCUT2D eigenvalue weighted by Crippen LogP contribution is -2.28. The molecule has 21 heavy (non-hydrogen) atoms. The molecule has 1 fully saturated rings. The van der Waals surface area contributed by atoms with Gasteiger partial charge in [-0.1, -0.05) is 23.7 Å². The van der Waals surface area contributed by atoms with Crippen LogP contribution in [-0.2, 0) is 9.59 Å². The fourth-order valence-electron chi connectivity index (χ4n) is 2.28. The number of halogens is 1. The van der Waals surface area contributed by atoms with Gasteiger partial charge in [0.15, 0.2) is 0 Å². The highest BCUT2D eigenvalue weighted by atomic mass is 35.5. The largest absolute Gasteiger partial charge is 0.356 e. The Labute approximate surface area is 134 Å². The third-order valence-electron chi connectivity index (χ3n) is 3.31. The summed E-state index contributed by atoms with van der Waals surface area (Å²) >= 11 is 7.81. The molecule has 6 heteroatoms. The minimum Gasteiger partial charge on any atom is -0.356 e. The quantitative estimate of drug-likeness (QED) is 0.818. The monoisotopic (exact) mass is 326 g/mol. The summed E-state index contributed by atoms with van der Waals surface area (Å²) in [5.74, 6) is 0.988. The van der Waals surface area contributed by atoms with E-state index in [-0.39, 0.29) is 17.1 Å². The number of anilines is 1. The van der Waals surface area contributed by atoms with E-state index in [0.717, 1.165) is 24.3 Å². The third-order valence-corrected chi connectivity index (χ3v) is 5.00. The summed E-state index contributed by atoms with van der Waals surface area (Å²) in [5, 5.41) is 3.37. The summed E-state index contributed by atoms with van der Waals surface area (Å²) in [6.45, 7) is 2.89. The zero-order chi connectivity index (χ0) is 15.2. The molecule has 1 N–H and O–H groups in total. The predicted molar refractivity (Wildman–Crippen MR) is 88.0 cm³/mol. The maximum absolute atomic E-state index is 12.4. The highest BCUT2D eigenvalue weighted by molar-refractivity contribution is 8.00. The number of carbonyl (C=O) groups excluding carboxylic acids is 2. The van der Waals surface area contributed by atoms with E-state index in [9.17, 15) is 9.59 Å². The van der Waals surface area contributed by atoms with Crippen LogP contribution in [0.15, 0.2) is 24.3 Å². The van der Waals surface area contributed by atoms with Crippen molar-refractivity contribution in [2.75, 3.05) is 23.7 Å². The molecule has 2 amide bonds. The Morgan fingerprint density at radius 2 is 2.24 bits per heavy atom. The molecule has 1 aromatic carbocycles. The minimum atomic E-state index is -0.0122. The molecule has 1 saturated heterocycles. The van der Waals surface area contributed by atoms with Crippen LogP contribution < -0.4 is 10.2 Å². The van der Waals surface area contributed by atoms with Gasteiger partial charge in [-0.2, -0.15) is 0 Å². The first kappa shape index (κ1) is 16.2. The lowest BCUT2D eigenvalue weighted by molar-refractivity contribution is -0.119. The van der Waals surface area contributed by atoms with Crippen molar-refractivity contribution in [1.82, 2.24) is 5.32 Å². The van der Waals surface area contributed by atoms with Crippen molar-refractivity contribution in [2.24, 2.45) is 0 Å². The number of rotatable bonds is 6. The van der Waals surface area contributed by atoms with Crippen LogP contribution in [-0.4, -0.2) is 35.9 Å². The smallest absolute Gasteiger partial charge is 0.240 e. The summed E-state index contributed by atoms with van der Waals surface area (Å²) in [6, 6.07) is 7.44. The Morgan fingerprint density at radius 1 is 1.48 bits per heavy atom. The zero-order valence-electron chi connectivity index (χ0n) is 12.0. The fourth-order valence-corrected chi connectivity index (χ4v) is 3.66. The number of hydrogen-bond acceptors (Lipinski definition) is 3. The van der Waals surface area contributed by atoms with Gasteiger partial charge in [-0.25, -0.2) is 0 Å². The summed E-state index contributed by atoms with van der Waals surface area (Å²) in [5.41, 5.74) is 0.797. The molecule has 0 aliphatic carbocycles. The van der Waals surface area contributed by atoms with E-state index in [1.54, 1.807) is 22.7 Å². The molecule has 1 aromatic rings. The van der Waals surface area contributed by atoms with Gasteiger partial charge in [-0.05, 0) is 30.7 Å². The first-order chi connectivity index (χ1) is 10.1. The second-order valence-corrected chi connectivity index (χ2v) is 6.64. The lowest BCUT2D eigenvalue weighted by Gasteiger charge is -2.18. The van der Waals surface area contributed by atoms with Crippen molar-refractivity contribution in [1.29, 1.82) is 0 Å². The van der Waals surface area contributed by atoms with E-state index in [1.807, 2.05) is 18.2 Å². The number of amides is 2. The normalized spacial score (nSPS) is 18.1. The van der Waals surface area contributed by atoms with E-state index < -0.39 is 0 Å². The van der Waals surface area contributed by atoms with Crippen molar-refractivity contribution in [2.45, 2.75) is 25.0 Å². The van der Waals surface area contributed by atoms with Gasteiger partial charge in [0.25, 0.3) is 0 Å². The topological polar surface area (TPSA) is 49.4 Å². The minimum absolute atomic E-state index is 0.00130. The van der Waals surface area contributed by atoms with Crippen LogP contribution in [0.1, 0.15) is 19.8 Å². The van der Waals surface area contributed by atoms with Gasteiger partial charge in [0.2, 0.25) is 11.8 Å². The van der Waals surface area contributed by atoms with Crippen molar-refractivity contribution >= 4 is 40.9 Å². The van der Waals surface area contributed by atoms with Gasteiger partial charge >= 0.3 is 0 Å². The van der Waals surface area contributed by atoms with E-state index in [0.29, 0.717) is 18.1 Å². The molecule has 0 aromatic heterocycles. The van der Waals surface area contributed by atoms with Gasteiger partial charge in [0, 0.05) is 20.0 Å². The number of nitrogens with one attached hydrogen (secondary N) is 1. The summed E-state index contributed by atoms with van der Waals surface area (Å²) < 4.78 is 0. The molecule has 0 radical (unpaired) electrons. The highest BCUT2D eigenvalue weighted by Crippen LogP contribution is 2.32. The lowest BCUT2D eigenvalue weighted by atomic mass is 10.3. The molecule has 0 saturated carbocycles. The van der Waals surface area contributed by atoms with Crippen molar-refractivity contribution < 1.29 is 9.59 Å². The molecule has 0 spiro atoms. The van der Waals surface area contributed by atoms with Crippen LogP contribution in [0.3, 0.4) is 0 Å². The van der Waals surface area contributed by atoms with Crippen LogP contribution in [0.25, 0.3) is 0 Å². The molecule has 0 unspecified atom stereocenters. The number of hydrogen-bond donors (Lipinski definition) is 1. The predicted octanol–water partition coefficient (Wildman–Crippen LogP) is 2.70. The van der Waals surface area contributed by atoms with E-state index >= 15 is 0 Å². The number of para-hydroxylation sites is 1. The molecule has 2 rings (SSSR count). The first-order valence-electron chi connectivity index (χ1n) is 7.01. The second-order valence-electron chi connectivity index (χ2n) is 4.93. The average molecular weight is 327 g/mol. The summed E-state index contributed by atoms with van der Waals surface area (Å²) in [7, 11) is 0. The Kier molecular flexibility index (Phi) is 5.94. The van der Waals surface area contributed by atoms with Crippen LogP contribution in [0, 0.1) is 0 Å². The Balaban J connectivity index is 1.82. The highest BCUT2D eigenvalue weighted by Gasteiger charge is 2.33. The van der Waals surface area contributed by atoms with Crippen molar-refractivity contribution in [3.8, 4) is 0 Å². The van der Waals surface area contributed by atoms with Crippen molar-refractivity contribution in [3.63, 3.8) is 0 Å². The van der Waals surface area contributed by atoms with Crippen LogP contribution in [0.4, 0.5) is 5.69 Å². The van der Waals surface area contributed by atoms with Crippen LogP contribution >= 0.6 is 23.4 Å². The standard InChI is InChI=1S/C15H19ClN2O2S/c1-11(19)17-8-4-10-21-14-7-9-18(15(14)20)13-6-3-2-5-12(13)16/h2-3,5-6,14H,4,7-10H2,1H3,(H,17,19)/t14-/m0/s1. The molecule has 4 nitrogen and oxygen atoms in total. The molecule has 1 heterocycles. The number of nitrogens with zero attached hydrogens (tertiary/aromatic N) is 1. The van der Waals surface area contributed by atoms with Gasteiger partial charge in [-0.3, -0.25) is 9.59 Å². The SMILES string of the molecule is CC(=O)NCCCS[C@H]1CCN(c2ccccc2Cl)C1=O. The maximum atomic E-state index is 12.4. The van der Waals surface area contributed by atoms with Crippen LogP contribution in [0.5, 0.6) is 0 Å². The van der Waals surface area contributed by atoms with Gasteiger partial charge in [-0.15, -0.1) is 11.8 Å². The first-order valence-corrected chi connectivity index (χ1v) is 8.44. The third kappa shape index (κ3) is 4.38. The molecular weight excluding hydrogens is 308 g/mol. The fraction of sp³-hybridized carbons (Fsp3) is 0.467. The molecule has 1 atom stereocenters. The van der Waals surface area contributed by atoms with E-state index in [4.69, 9.17) is 11.6 Å². The second kappa shape index (κ2) is 7.71. The number of thioether (sulfide) groups is 1. The molecule has 1 aliphatic heterocycles.